The van der Waals surface area contributed by atoms with E-state index in [2.05, 4.69) is 44.8 Å². The van der Waals surface area contributed by atoms with Gasteiger partial charge < -0.3 is 10.4 Å². The number of aliphatic hydroxyl groups is 1. The smallest absolute Gasteiger partial charge is 0.0441 e. The van der Waals surface area contributed by atoms with Gasteiger partial charge in [-0.25, -0.2) is 0 Å². The molecule has 17 heavy (non-hydrogen) atoms. The minimum atomic E-state index is 0.317. The van der Waals surface area contributed by atoms with Crippen molar-refractivity contribution in [1.29, 1.82) is 0 Å². The molecule has 102 valence electrons. The Morgan fingerprint density at radius 3 is 2.76 bits per heavy atom. The minimum Gasteiger partial charge on any atom is -0.396 e. The maximum atomic E-state index is 8.99. The molecule has 2 N–H and O–H groups in total. The summed E-state index contributed by atoms with van der Waals surface area (Å²) in [6.45, 7) is 10.7. The predicted molar refractivity (Wildman–Crippen MR) is 77.6 cm³/mol. The highest BCUT2D eigenvalue weighted by molar-refractivity contribution is 8.00. The topological polar surface area (TPSA) is 32.3 Å². The zero-order valence-electron chi connectivity index (χ0n) is 11.8. The highest BCUT2D eigenvalue weighted by Gasteiger charge is 2.42. The van der Waals surface area contributed by atoms with Gasteiger partial charge in [0.1, 0.15) is 0 Å². The molecule has 0 spiro atoms. The second kappa shape index (κ2) is 7.01. The first-order valence-electron chi connectivity index (χ1n) is 7.01. The van der Waals surface area contributed by atoms with E-state index in [0.29, 0.717) is 23.3 Å². The predicted octanol–water partition coefficient (Wildman–Crippen LogP) is 3.05. The first kappa shape index (κ1) is 15.3. The Kier molecular flexibility index (Phi) is 6.32. The zero-order valence-corrected chi connectivity index (χ0v) is 12.6. The van der Waals surface area contributed by atoms with Gasteiger partial charge in [0.25, 0.3) is 0 Å². The molecule has 1 aliphatic rings. The molecule has 1 rings (SSSR count). The molecular formula is C14H29NOS. The van der Waals surface area contributed by atoms with Gasteiger partial charge in [0.15, 0.2) is 0 Å². The lowest BCUT2D eigenvalue weighted by Crippen LogP contribution is -2.44. The third-order valence-corrected chi connectivity index (χ3v) is 5.40. The quantitative estimate of drug-likeness (QED) is 0.737. The molecule has 0 saturated heterocycles. The van der Waals surface area contributed by atoms with Gasteiger partial charge in [-0.15, -0.1) is 0 Å². The van der Waals surface area contributed by atoms with Crippen LogP contribution < -0.4 is 5.32 Å². The van der Waals surface area contributed by atoms with Crippen molar-refractivity contribution in [2.45, 2.75) is 69.9 Å². The monoisotopic (exact) mass is 259 g/mol. The van der Waals surface area contributed by atoms with Crippen LogP contribution in [0.5, 0.6) is 0 Å². The highest BCUT2D eigenvalue weighted by atomic mass is 32.2. The van der Waals surface area contributed by atoms with Gasteiger partial charge in [-0.05, 0) is 37.6 Å². The summed E-state index contributed by atoms with van der Waals surface area (Å²) in [5.74, 6) is 0. The van der Waals surface area contributed by atoms with Gasteiger partial charge in [0.05, 0.1) is 0 Å². The molecule has 3 unspecified atom stereocenters. The second-order valence-corrected chi connectivity index (χ2v) is 7.64. The summed E-state index contributed by atoms with van der Waals surface area (Å²) < 4.78 is 0. The number of hydrogen-bond acceptors (Lipinski definition) is 3. The molecule has 3 atom stereocenters. The molecule has 0 aromatic heterocycles. The molecule has 0 aromatic carbocycles. The molecule has 0 bridgehead atoms. The van der Waals surface area contributed by atoms with Crippen LogP contribution in [0, 0.1) is 5.41 Å². The number of hydrogen-bond donors (Lipinski definition) is 2. The van der Waals surface area contributed by atoms with E-state index in [4.69, 9.17) is 5.11 Å². The van der Waals surface area contributed by atoms with E-state index < -0.39 is 0 Å². The van der Waals surface area contributed by atoms with Gasteiger partial charge in [0.2, 0.25) is 0 Å². The first-order chi connectivity index (χ1) is 8.01. The molecule has 3 heteroatoms. The van der Waals surface area contributed by atoms with Gasteiger partial charge in [-0.2, -0.15) is 11.8 Å². The van der Waals surface area contributed by atoms with Crippen molar-refractivity contribution in [3.05, 3.63) is 0 Å². The summed E-state index contributed by atoms with van der Waals surface area (Å²) in [5.41, 5.74) is 0.422. The van der Waals surface area contributed by atoms with Gasteiger partial charge in [-0.3, -0.25) is 0 Å². The summed E-state index contributed by atoms with van der Waals surface area (Å²) in [7, 11) is 0. The van der Waals surface area contributed by atoms with Crippen LogP contribution in [-0.4, -0.2) is 34.8 Å². The largest absolute Gasteiger partial charge is 0.396 e. The van der Waals surface area contributed by atoms with Gasteiger partial charge in [0, 0.05) is 23.1 Å². The van der Waals surface area contributed by atoms with E-state index in [1.165, 1.54) is 19.3 Å². The van der Waals surface area contributed by atoms with E-state index in [-0.39, 0.29) is 0 Å². The fourth-order valence-electron chi connectivity index (χ4n) is 2.74. The van der Waals surface area contributed by atoms with Crippen LogP contribution in [0.1, 0.15) is 53.4 Å². The Labute approximate surface area is 111 Å². The Morgan fingerprint density at radius 1 is 1.47 bits per heavy atom. The molecule has 1 fully saturated rings. The third kappa shape index (κ3) is 4.46. The number of thioether (sulfide) groups is 1. The van der Waals surface area contributed by atoms with Crippen LogP contribution in [0.15, 0.2) is 0 Å². The van der Waals surface area contributed by atoms with Crippen molar-refractivity contribution in [1.82, 2.24) is 5.32 Å². The van der Waals surface area contributed by atoms with E-state index >= 15 is 0 Å². The van der Waals surface area contributed by atoms with Gasteiger partial charge >= 0.3 is 0 Å². The Morgan fingerprint density at radius 2 is 2.18 bits per heavy atom. The van der Waals surface area contributed by atoms with Crippen LogP contribution in [0.2, 0.25) is 0 Å². The van der Waals surface area contributed by atoms with E-state index in [1.807, 2.05) is 0 Å². The molecule has 1 saturated carbocycles. The number of nitrogens with one attached hydrogen (secondary N) is 1. The van der Waals surface area contributed by atoms with Crippen LogP contribution in [0.25, 0.3) is 0 Å². The fraction of sp³-hybridized carbons (Fsp3) is 1.00. The SMILES string of the molecule is CCCNC1C(SC(C)CCO)CCC1(C)C. The second-order valence-electron chi connectivity index (χ2n) is 5.96. The van der Waals surface area contributed by atoms with Crippen molar-refractivity contribution in [3.63, 3.8) is 0 Å². The Bertz CT molecular complexity index is 220. The van der Waals surface area contributed by atoms with Crippen molar-refractivity contribution >= 4 is 11.8 Å². The molecule has 0 amide bonds. The number of aliphatic hydroxyl groups excluding tert-OH is 1. The summed E-state index contributed by atoms with van der Waals surface area (Å²) in [6, 6.07) is 0.633. The molecule has 0 aromatic rings. The third-order valence-electron chi connectivity index (χ3n) is 3.84. The lowest BCUT2D eigenvalue weighted by atomic mass is 9.87. The normalized spacial score (nSPS) is 29.5. The Hall–Kier alpha value is 0.270. The molecule has 0 radical (unpaired) electrons. The maximum absolute atomic E-state index is 8.99. The molecular weight excluding hydrogens is 230 g/mol. The summed E-state index contributed by atoms with van der Waals surface area (Å²) in [6.07, 6.45) is 4.75. The maximum Gasteiger partial charge on any atom is 0.0441 e. The van der Waals surface area contributed by atoms with Crippen molar-refractivity contribution in [2.75, 3.05) is 13.2 Å². The zero-order chi connectivity index (χ0) is 12.9. The molecule has 1 aliphatic carbocycles. The minimum absolute atomic E-state index is 0.317. The lowest BCUT2D eigenvalue weighted by molar-refractivity contribution is 0.284. The summed E-state index contributed by atoms with van der Waals surface area (Å²) >= 11 is 2.07. The van der Waals surface area contributed by atoms with Crippen LogP contribution in [0.4, 0.5) is 0 Å². The molecule has 0 aliphatic heterocycles. The summed E-state index contributed by atoms with van der Waals surface area (Å²) in [5, 5.41) is 14.0. The number of rotatable bonds is 7. The first-order valence-corrected chi connectivity index (χ1v) is 7.95. The van der Waals surface area contributed by atoms with E-state index in [9.17, 15) is 0 Å². The Balaban J connectivity index is 2.52. The van der Waals surface area contributed by atoms with E-state index in [0.717, 1.165) is 18.2 Å². The van der Waals surface area contributed by atoms with Crippen LogP contribution in [0.3, 0.4) is 0 Å². The molecule has 0 heterocycles. The van der Waals surface area contributed by atoms with Crippen molar-refractivity contribution in [2.24, 2.45) is 5.41 Å². The van der Waals surface area contributed by atoms with Gasteiger partial charge in [-0.1, -0.05) is 27.7 Å². The van der Waals surface area contributed by atoms with Crippen molar-refractivity contribution in [3.8, 4) is 0 Å². The molecule has 2 nitrogen and oxygen atoms in total. The lowest BCUT2D eigenvalue weighted by Gasteiger charge is -2.32. The van der Waals surface area contributed by atoms with Crippen LogP contribution >= 0.6 is 11.8 Å². The van der Waals surface area contributed by atoms with Crippen LogP contribution in [-0.2, 0) is 0 Å². The fourth-order valence-corrected chi connectivity index (χ4v) is 4.46. The average molecular weight is 259 g/mol. The van der Waals surface area contributed by atoms with Crippen molar-refractivity contribution < 1.29 is 5.11 Å². The standard InChI is InChI=1S/C14H29NOS/c1-5-9-15-13-12(6-8-14(13,3)4)17-11(2)7-10-16/h11-13,15-16H,5-10H2,1-4H3. The highest BCUT2D eigenvalue weighted by Crippen LogP contribution is 2.44. The van der Waals surface area contributed by atoms with E-state index in [1.54, 1.807) is 0 Å². The summed E-state index contributed by atoms with van der Waals surface area (Å²) in [4.78, 5) is 0. The average Bonchev–Trinajstić information content (AvgIpc) is 2.52.